The normalized spacial score (nSPS) is 10.5. The summed E-state index contributed by atoms with van der Waals surface area (Å²) in [5.41, 5.74) is -0.0852. The first-order valence-electron chi connectivity index (χ1n) is 4.56. The second-order valence-corrected chi connectivity index (χ2v) is 4.14. The fraction of sp³-hybridized carbons (Fsp3) is 0. The van der Waals surface area contributed by atoms with Crippen LogP contribution in [0.4, 0.5) is 4.39 Å². The first-order chi connectivity index (χ1) is 8.00. The number of halogens is 3. The summed E-state index contributed by atoms with van der Waals surface area (Å²) in [5.74, 6) is -1.89. The topological polar surface area (TPSA) is 42.2 Å². The number of benzene rings is 1. The zero-order valence-corrected chi connectivity index (χ0v) is 9.84. The Balaban J connectivity index is 2.68. The third-order valence-electron chi connectivity index (χ3n) is 2.20. The number of aromatic nitrogens is 1. The molecule has 0 spiro atoms. The monoisotopic (exact) mass is 273 g/mol. The molecule has 0 atom stereocenters. The number of carboxylic acids is 1. The van der Waals surface area contributed by atoms with Gasteiger partial charge in [-0.3, -0.25) is 0 Å². The lowest BCUT2D eigenvalue weighted by Gasteiger charge is -2.08. The maximum absolute atomic E-state index is 13.8. The highest BCUT2D eigenvalue weighted by molar-refractivity contribution is 6.31. The number of rotatable bonds is 2. The Hall–Kier alpha value is -1.52. The second kappa shape index (κ2) is 4.39. The van der Waals surface area contributed by atoms with Gasteiger partial charge in [-0.25, -0.2) is 9.18 Å². The van der Waals surface area contributed by atoms with E-state index in [1.54, 1.807) is 0 Å². The van der Waals surface area contributed by atoms with E-state index in [0.29, 0.717) is 0 Å². The minimum atomic E-state index is -1.20. The molecule has 1 heterocycles. The van der Waals surface area contributed by atoms with Gasteiger partial charge in [0.1, 0.15) is 5.69 Å². The predicted molar refractivity (Wildman–Crippen MR) is 62.7 cm³/mol. The van der Waals surface area contributed by atoms with Gasteiger partial charge in [-0.1, -0.05) is 29.3 Å². The van der Waals surface area contributed by atoms with Crippen LogP contribution < -0.4 is 0 Å². The molecule has 1 N–H and O–H groups in total. The molecule has 1 aromatic carbocycles. The van der Waals surface area contributed by atoms with E-state index in [1.165, 1.54) is 30.5 Å². The molecule has 0 aliphatic rings. The summed E-state index contributed by atoms with van der Waals surface area (Å²) in [4.78, 5) is 11.0. The Bertz CT molecular complexity index is 595. The van der Waals surface area contributed by atoms with Gasteiger partial charge >= 0.3 is 5.97 Å². The van der Waals surface area contributed by atoms with Gasteiger partial charge < -0.3 is 9.67 Å². The van der Waals surface area contributed by atoms with Crippen molar-refractivity contribution in [1.29, 1.82) is 0 Å². The first-order valence-corrected chi connectivity index (χ1v) is 5.32. The molecule has 3 nitrogen and oxygen atoms in total. The quantitative estimate of drug-likeness (QED) is 0.908. The van der Waals surface area contributed by atoms with Crippen LogP contribution in [0.25, 0.3) is 5.69 Å². The number of hydrogen-bond donors (Lipinski definition) is 1. The smallest absolute Gasteiger partial charge is 0.352 e. The number of aromatic carboxylic acids is 1. The van der Waals surface area contributed by atoms with Gasteiger partial charge in [0.15, 0.2) is 5.82 Å². The van der Waals surface area contributed by atoms with Crippen molar-refractivity contribution in [3.63, 3.8) is 0 Å². The molecule has 88 valence electrons. The molecule has 0 unspecified atom stereocenters. The maximum Gasteiger partial charge on any atom is 0.352 e. The predicted octanol–water partition coefficient (Wildman–Crippen LogP) is 3.62. The van der Waals surface area contributed by atoms with Crippen LogP contribution in [-0.4, -0.2) is 15.6 Å². The molecular formula is C11H6Cl2FNO2. The highest BCUT2D eigenvalue weighted by Gasteiger charge is 2.16. The molecular weight excluding hydrogens is 268 g/mol. The molecule has 0 aliphatic carbocycles. The van der Waals surface area contributed by atoms with E-state index in [0.717, 1.165) is 4.57 Å². The summed E-state index contributed by atoms with van der Waals surface area (Å²) >= 11 is 11.3. The number of hydrogen-bond acceptors (Lipinski definition) is 1. The Morgan fingerprint density at radius 3 is 2.71 bits per heavy atom. The average molecular weight is 274 g/mol. The van der Waals surface area contributed by atoms with Crippen LogP contribution in [0.15, 0.2) is 30.5 Å². The van der Waals surface area contributed by atoms with Crippen molar-refractivity contribution in [2.24, 2.45) is 0 Å². The molecule has 17 heavy (non-hydrogen) atoms. The molecule has 0 saturated heterocycles. The summed E-state index contributed by atoms with van der Waals surface area (Å²) in [6.07, 6.45) is 1.32. The first kappa shape index (κ1) is 12.0. The maximum atomic E-state index is 13.8. The molecule has 0 amide bonds. The molecule has 1 aromatic heterocycles. The third kappa shape index (κ3) is 2.14. The van der Waals surface area contributed by atoms with Gasteiger partial charge in [0, 0.05) is 6.20 Å². The number of carbonyl (C=O) groups is 1. The highest BCUT2D eigenvalue weighted by Crippen LogP contribution is 2.25. The van der Waals surface area contributed by atoms with Crippen molar-refractivity contribution in [2.45, 2.75) is 0 Å². The second-order valence-electron chi connectivity index (χ2n) is 3.29. The van der Waals surface area contributed by atoms with Gasteiger partial charge in [0.25, 0.3) is 0 Å². The Kier molecular flexibility index (Phi) is 3.09. The fourth-order valence-electron chi connectivity index (χ4n) is 1.47. The van der Waals surface area contributed by atoms with Gasteiger partial charge in [0.05, 0.1) is 15.7 Å². The summed E-state index contributed by atoms with van der Waals surface area (Å²) in [6.45, 7) is 0. The van der Waals surface area contributed by atoms with Crippen molar-refractivity contribution >= 4 is 29.2 Å². The largest absolute Gasteiger partial charge is 0.477 e. The van der Waals surface area contributed by atoms with E-state index in [2.05, 4.69) is 0 Å². The van der Waals surface area contributed by atoms with Crippen LogP contribution in [0, 0.1) is 5.82 Å². The van der Waals surface area contributed by atoms with E-state index in [-0.39, 0.29) is 21.4 Å². The molecule has 0 bridgehead atoms. The van der Waals surface area contributed by atoms with E-state index in [9.17, 15) is 9.18 Å². The molecule has 2 rings (SSSR count). The fourth-order valence-corrected chi connectivity index (χ4v) is 1.84. The molecule has 2 aromatic rings. The lowest BCUT2D eigenvalue weighted by molar-refractivity contribution is 0.0688. The Morgan fingerprint density at radius 1 is 1.35 bits per heavy atom. The van der Waals surface area contributed by atoms with Gasteiger partial charge in [-0.15, -0.1) is 0 Å². The van der Waals surface area contributed by atoms with Crippen molar-refractivity contribution < 1.29 is 14.3 Å². The van der Waals surface area contributed by atoms with Crippen molar-refractivity contribution in [3.05, 3.63) is 52.0 Å². The summed E-state index contributed by atoms with van der Waals surface area (Å²) in [6, 6.07) is 5.57. The van der Waals surface area contributed by atoms with Crippen molar-refractivity contribution in [3.8, 4) is 5.69 Å². The molecule has 0 saturated carbocycles. The molecule has 6 heteroatoms. The van der Waals surface area contributed by atoms with E-state index in [1.807, 2.05) is 0 Å². The van der Waals surface area contributed by atoms with E-state index in [4.69, 9.17) is 28.3 Å². The minimum Gasteiger partial charge on any atom is -0.477 e. The summed E-state index contributed by atoms with van der Waals surface area (Å²) in [7, 11) is 0. The lowest BCUT2D eigenvalue weighted by atomic mass is 10.3. The summed E-state index contributed by atoms with van der Waals surface area (Å²) < 4.78 is 14.9. The minimum absolute atomic E-state index is 0.0433. The summed E-state index contributed by atoms with van der Waals surface area (Å²) in [5, 5.41) is 9.10. The zero-order chi connectivity index (χ0) is 12.6. The van der Waals surface area contributed by atoms with Crippen LogP contribution in [0.5, 0.6) is 0 Å². The highest BCUT2D eigenvalue weighted by atomic mass is 35.5. The number of carboxylic acid groups (broad SMARTS) is 1. The van der Waals surface area contributed by atoms with Crippen molar-refractivity contribution in [1.82, 2.24) is 4.57 Å². The van der Waals surface area contributed by atoms with Crippen LogP contribution in [0.1, 0.15) is 10.5 Å². The van der Waals surface area contributed by atoms with Crippen LogP contribution in [0.2, 0.25) is 10.0 Å². The van der Waals surface area contributed by atoms with Crippen LogP contribution in [-0.2, 0) is 0 Å². The van der Waals surface area contributed by atoms with Gasteiger partial charge in [0.2, 0.25) is 0 Å². The zero-order valence-electron chi connectivity index (χ0n) is 8.32. The van der Waals surface area contributed by atoms with Gasteiger partial charge in [-0.05, 0) is 18.2 Å². The Morgan fingerprint density at radius 2 is 2.06 bits per heavy atom. The molecule has 0 fully saturated rings. The third-order valence-corrected chi connectivity index (χ3v) is 2.70. The standard InChI is InChI=1S/C11H6Cl2FNO2/c12-6-4-9(11(16)17)15(5-6)8-3-1-2-7(13)10(8)14/h1-5H,(H,16,17). The lowest BCUT2D eigenvalue weighted by Crippen LogP contribution is -2.07. The van der Waals surface area contributed by atoms with E-state index >= 15 is 0 Å². The van der Waals surface area contributed by atoms with Crippen molar-refractivity contribution in [2.75, 3.05) is 0 Å². The SMILES string of the molecule is O=C(O)c1cc(Cl)cn1-c1cccc(Cl)c1F. The Labute approximate surface area is 106 Å². The number of nitrogens with zero attached hydrogens (tertiary/aromatic N) is 1. The van der Waals surface area contributed by atoms with E-state index < -0.39 is 11.8 Å². The van der Waals surface area contributed by atoms with Gasteiger partial charge in [-0.2, -0.15) is 0 Å². The molecule has 0 aliphatic heterocycles. The molecule has 0 radical (unpaired) electrons. The van der Waals surface area contributed by atoms with Crippen LogP contribution >= 0.6 is 23.2 Å². The average Bonchev–Trinajstić information content (AvgIpc) is 2.64. The van der Waals surface area contributed by atoms with Crippen LogP contribution in [0.3, 0.4) is 0 Å².